The summed E-state index contributed by atoms with van der Waals surface area (Å²) in [5.74, 6) is 0. The molecule has 0 unspecified atom stereocenters. The van der Waals surface area contributed by atoms with Crippen LogP contribution < -0.4 is 10.6 Å². The molecule has 96 valence electrons. The Bertz CT molecular complexity index is 374. The minimum Gasteiger partial charge on any atom is -0.337 e. The van der Waals surface area contributed by atoms with Crippen molar-refractivity contribution in [3.8, 4) is 0 Å². The van der Waals surface area contributed by atoms with Crippen LogP contribution in [0.4, 0.5) is 4.79 Å². The first-order valence-electron chi connectivity index (χ1n) is 5.72. The third kappa shape index (κ3) is 4.75. The molecule has 4 nitrogen and oxygen atoms in total. The van der Waals surface area contributed by atoms with Crippen molar-refractivity contribution >= 4 is 17.4 Å². The van der Waals surface area contributed by atoms with E-state index in [1.54, 1.807) is 14.1 Å². The van der Waals surface area contributed by atoms with E-state index in [1.165, 1.54) is 20.2 Å². The van der Waals surface area contributed by atoms with Crippen LogP contribution >= 0.6 is 11.3 Å². The molecule has 2 N–H and O–H groups in total. The Morgan fingerprint density at radius 2 is 2.06 bits per heavy atom. The summed E-state index contributed by atoms with van der Waals surface area (Å²) in [7, 11) is 3.47. The summed E-state index contributed by atoms with van der Waals surface area (Å²) in [6.07, 6.45) is 0. The van der Waals surface area contributed by atoms with Crippen molar-refractivity contribution in [1.82, 2.24) is 15.5 Å². The molecule has 0 spiro atoms. The van der Waals surface area contributed by atoms with Crippen molar-refractivity contribution in [3.05, 3.63) is 21.4 Å². The molecule has 0 atom stereocenters. The lowest BCUT2D eigenvalue weighted by molar-refractivity contribution is 0.217. The Morgan fingerprint density at radius 1 is 1.35 bits per heavy atom. The molecule has 0 aromatic carbocycles. The van der Waals surface area contributed by atoms with Crippen LogP contribution in [-0.2, 0) is 6.54 Å². The van der Waals surface area contributed by atoms with E-state index in [9.17, 15) is 4.79 Å². The molecular weight excluding hydrogens is 234 g/mol. The van der Waals surface area contributed by atoms with Gasteiger partial charge in [0.05, 0.1) is 0 Å². The number of nitrogens with zero attached hydrogens (tertiary/aromatic N) is 1. The first-order chi connectivity index (χ1) is 8.00. The van der Waals surface area contributed by atoms with E-state index in [4.69, 9.17) is 0 Å². The average molecular weight is 255 g/mol. The number of hydrogen-bond acceptors (Lipinski definition) is 3. The number of carbonyl (C=O) groups excluding carboxylic acids is 1. The molecule has 0 fully saturated rings. The van der Waals surface area contributed by atoms with E-state index in [1.807, 2.05) is 11.3 Å². The number of thiophene rings is 1. The highest BCUT2D eigenvalue weighted by Gasteiger charge is 2.03. The molecule has 0 saturated heterocycles. The Kier molecular flexibility index (Phi) is 5.44. The van der Waals surface area contributed by atoms with Gasteiger partial charge in [-0.2, -0.15) is 0 Å². The van der Waals surface area contributed by atoms with Gasteiger partial charge in [-0.25, -0.2) is 4.79 Å². The van der Waals surface area contributed by atoms with Crippen molar-refractivity contribution in [2.75, 3.05) is 27.2 Å². The van der Waals surface area contributed by atoms with E-state index in [0.29, 0.717) is 6.54 Å². The van der Waals surface area contributed by atoms with Crippen molar-refractivity contribution < 1.29 is 4.79 Å². The fourth-order valence-corrected chi connectivity index (χ4v) is 2.44. The van der Waals surface area contributed by atoms with Crippen LogP contribution in [0.15, 0.2) is 6.07 Å². The molecule has 1 rings (SSSR count). The molecule has 2 amide bonds. The maximum absolute atomic E-state index is 11.2. The molecule has 0 aliphatic heterocycles. The van der Waals surface area contributed by atoms with Gasteiger partial charge >= 0.3 is 6.03 Å². The predicted octanol–water partition coefficient (Wildman–Crippen LogP) is 1.73. The number of hydrogen-bond donors (Lipinski definition) is 2. The minimum atomic E-state index is -0.0469. The van der Waals surface area contributed by atoms with Crippen LogP contribution in [0.25, 0.3) is 0 Å². The van der Waals surface area contributed by atoms with Crippen LogP contribution in [0.1, 0.15) is 15.3 Å². The van der Waals surface area contributed by atoms with Gasteiger partial charge < -0.3 is 15.5 Å². The summed E-state index contributed by atoms with van der Waals surface area (Å²) >= 11 is 1.83. The van der Waals surface area contributed by atoms with Crippen LogP contribution in [0.5, 0.6) is 0 Å². The van der Waals surface area contributed by atoms with Gasteiger partial charge in [0.15, 0.2) is 0 Å². The maximum atomic E-state index is 11.2. The smallest absolute Gasteiger partial charge is 0.316 e. The Labute approximate surface area is 107 Å². The van der Waals surface area contributed by atoms with Gasteiger partial charge in [-0.15, -0.1) is 11.3 Å². The Morgan fingerprint density at radius 3 is 2.59 bits per heavy atom. The highest BCUT2D eigenvalue weighted by molar-refractivity contribution is 7.12. The van der Waals surface area contributed by atoms with E-state index < -0.39 is 0 Å². The van der Waals surface area contributed by atoms with Crippen LogP contribution in [0.2, 0.25) is 0 Å². The zero-order chi connectivity index (χ0) is 12.8. The van der Waals surface area contributed by atoms with E-state index >= 15 is 0 Å². The second kappa shape index (κ2) is 6.61. The maximum Gasteiger partial charge on any atom is 0.316 e. The molecule has 1 heterocycles. The molecule has 1 aromatic heterocycles. The number of amides is 2. The first-order valence-corrected chi connectivity index (χ1v) is 6.54. The van der Waals surface area contributed by atoms with Crippen LogP contribution in [0.3, 0.4) is 0 Å². The standard InChI is InChI=1S/C12H21N3OS/c1-9-7-11(10(2)17-9)8-13-5-6-14-12(16)15(3)4/h7,13H,5-6,8H2,1-4H3,(H,14,16). The topological polar surface area (TPSA) is 44.4 Å². The van der Waals surface area contributed by atoms with E-state index in [0.717, 1.165) is 13.1 Å². The second-order valence-electron chi connectivity index (χ2n) is 4.24. The average Bonchev–Trinajstić information content (AvgIpc) is 2.56. The van der Waals surface area contributed by atoms with E-state index in [2.05, 4.69) is 30.5 Å². The lowest BCUT2D eigenvalue weighted by Crippen LogP contribution is -2.38. The van der Waals surface area contributed by atoms with Gasteiger partial charge in [0.1, 0.15) is 0 Å². The largest absolute Gasteiger partial charge is 0.337 e. The Balaban J connectivity index is 2.17. The Hall–Kier alpha value is -1.07. The summed E-state index contributed by atoms with van der Waals surface area (Å²) in [5.41, 5.74) is 1.35. The summed E-state index contributed by atoms with van der Waals surface area (Å²) in [6.45, 7) is 6.57. The van der Waals surface area contributed by atoms with Gasteiger partial charge in [-0.1, -0.05) is 0 Å². The number of carbonyl (C=O) groups is 1. The zero-order valence-electron chi connectivity index (χ0n) is 11.0. The molecule has 0 aliphatic rings. The third-order valence-electron chi connectivity index (χ3n) is 2.44. The molecule has 0 aliphatic carbocycles. The van der Waals surface area contributed by atoms with Crippen molar-refractivity contribution in [1.29, 1.82) is 0 Å². The van der Waals surface area contributed by atoms with Crippen molar-refractivity contribution in [3.63, 3.8) is 0 Å². The SMILES string of the molecule is Cc1cc(CNCCNC(=O)N(C)C)c(C)s1. The second-order valence-corrected chi connectivity index (χ2v) is 5.70. The normalized spacial score (nSPS) is 10.4. The van der Waals surface area contributed by atoms with Crippen molar-refractivity contribution in [2.24, 2.45) is 0 Å². The number of rotatable bonds is 5. The summed E-state index contributed by atoms with van der Waals surface area (Å²) in [4.78, 5) is 15.5. The van der Waals surface area contributed by atoms with Crippen LogP contribution in [-0.4, -0.2) is 38.1 Å². The quantitative estimate of drug-likeness (QED) is 0.787. The number of nitrogens with one attached hydrogen (secondary N) is 2. The van der Waals surface area contributed by atoms with Crippen molar-refractivity contribution in [2.45, 2.75) is 20.4 Å². The van der Waals surface area contributed by atoms with Gasteiger partial charge in [0.25, 0.3) is 0 Å². The van der Waals surface area contributed by atoms with Gasteiger partial charge in [0, 0.05) is 43.5 Å². The summed E-state index contributed by atoms with van der Waals surface area (Å²) < 4.78 is 0. The summed E-state index contributed by atoms with van der Waals surface area (Å²) in [6, 6.07) is 2.17. The lowest BCUT2D eigenvalue weighted by atomic mass is 10.2. The molecule has 17 heavy (non-hydrogen) atoms. The molecule has 0 saturated carbocycles. The fraction of sp³-hybridized carbons (Fsp3) is 0.583. The molecular formula is C12H21N3OS. The zero-order valence-corrected chi connectivity index (χ0v) is 11.8. The monoisotopic (exact) mass is 255 g/mol. The minimum absolute atomic E-state index is 0.0469. The highest BCUT2D eigenvalue weighted by atomic mass is 32.1. The molecule has 5 heteroatoms. The molecule has 0 radical (unpaired) electrons. The summed E-state index contributed by atoms with van der Waals surface area (Å²) in [5, 5.41) is 6.14. The van der Waals surface area contributed by atoms with Crippen LogP contribution in [0, 0.1) is 13.8 Å². The predicted molar refractivity (Wildman–Crippen MR) is 72.6 cm³/mol. The lowest BCUT2D eigenvalue weighted by Gasteiger charge is -2.12. The number of urea groups is 1. The fourth-order valence-electron chi connectivity index (χ4n) is 1.50. The third-order valence-corrected chi connectivity index (χ3v) is 3.45. The molecule has 0 bridgehead atoms. The first kappa shape index (κ1) is 14.0. The number of aryl methyl sites for hydroxylation is 2. The van der Waals surface area contributed by atoms with Gasteiger partial charge in [-0.05, 0) is 25.5 Å². The molecule has 1 aromatic rings. The van der Waals surface area contributed by atoms with E-state index in [-0.39, 0.29) is 6.03 Å². The van der Waals surface area contributed by atoms with Gasteiger partial charge in [-0.3, -0.25) is 0 Å². The van der Waals surface area contributed by atoms with Gasteiger partial charge in [0.2, 0.25) is 0 Å². The highest BCUT2D eigenvalue weighted by Crippen LogP contribution is 2.19.